The van der Waals surface area contributed by atoms with Gasteiger partial charge in [-0.05, 0) is 6.07 Å². The van der Waals surface area contributed by atoms with Crippen molar-refractivity contribution >= 4 is 0 Å². The Morgan fingerprint density at radius 2 is 1.58 bits per heavy atom. The maximum atomic E-state index is 2.43. The normalized spacial score (nSPS) is 22.4. The predicted molar refractivity (Wildman–Crippen MR) is 105 cm³/mol. The molecule has 4 rings (SSSR count). The van der Waals surface area contributed by atoms with Crippen LogP contribution in [0.5, 0.6) is 0 Å². The molecule has 0 amide bonds. The van der Waals surface area contributed by atoms with E-state index in [0.29, 0.717) is 6.04 Å². The van der Waals surface area contributed by atoms with E-state index in [4.69, 9.17) is 0 Å². The molecule has 0 radical (unpaired) electrons. The van der Waals surface area contributed by atoms with Gasteiger partial charge in [0.25, 0.3) is 0 Å². The average Bonchev–Trinajstić information content (AvgIpc) is 3.05. The zero-order valence-electron chi connectivity index (χ0n) is 15.6. The zero-order valence-corrected chi connectivity index (χ0v) is 15.6. The summed E-state index contributed by atoms with van der Waals surface area (Å²) < 4.78 is 3.44. The highest BCUT2D eigenvalue weighted by molar-refractivity contribution is 5.16. The quantitative estimate of drug-likeness (QED) is 0.474. The first-order chi connectivity index (χ1) is 12.7. The molecule has 1 saturated heterocycles. The smallest absolute Gasteiger partial charge is 0.178 e. The van der Waals surface area contributed by atoms with E-state index in [1.54, 1.807) is 0 Å². The third-order valence-corrected chi connectivity index (χ3v) is 5.76. The summed E-state index contributed by atoms with van der Waals surface area (Å²) in [5.41, 5.74) is 4.26. The van der Waals surface area contributed by atoms with Crippen molar-refractivity contribution in [2.75, 3.05) is 13.6 Å². The number of hydrogen-bond acceptors (Lipinski definition) is 0. The molecule has 2 unspecified atom stereocenters. The van der Waals surface area contributed by atoms with Crippen molar-refractivity contribution in [3.63, 3.8) is 0 Å². The number of aromatic nitrogens is 1. The van der Waals surface area contributed by atoms with E-state index in [-0.39, 0.29) is 0 Å². The fraction of sp³-hybridized carbons (Fsp3) is 0.292. The van der Waals surface area contributed by atoms with Crippen LogP contribution in [0.15, 0.2) is 85.2 Å². The molecule has 3 aromatic rings. The second-order valence-corrected chi connectivity index (χ2v) is 7.80. The lowest BCUT2D eigenvalue weighted by Crippen LogP contribution is -2.43. The summed E-state index contributed by atoms with van der Waals surface area (Å²) in [7, 11) is 2.43. The maximum absolute atomic E-state index is 2.43. The van der Waals surface area contributed by atoms with Crippen molar-refractivity contribution < 1.29 is 9.05 Å². The lowest BCUT2D eigenvalue weighted by Gasteiger charge is -2.36. The fourth-order valence-corrected chi connectivity index (χ4v) is 4.46. The van der Waals surface area contributed by atoms with Crippen LogP contribution >= 0.6 is 0 Å². The van der Waals surface area contributed by atoms with E-state index in [1.165, 1.54) is 36.1 Å². The molecule has 1 aromatic heterocycles. The molecular formula is C24H28N2+2. The van der Waals surface area contributed by atoms with Crippen molar-refractivity contribution in [1.82, 2.24) is 0 Å². The van der Waals surface area contributed by atoms with Crippen LogP contribution < -0.4 is 4.57 Å². The van der Waals surface area contributed by atoms with Gasteiger partial charge in [0.05, 0.1) is 19.2 Å². The molecule has 132 valence electrons. The van der Waals surface area contributed by atoms with Crippen LogP contribution in [0.25, 0.3) is 0 Å². The van der Waals surface area contributed by atoms with Gasteiger partial charge in [-0.1, -0.05) is 60.7 Å². The minimum absolute atomic E-state index is 0.582. The van der Waals surface area contributed by atoms with Crippen LogP contribution in [0.4, 0.5) is 0 Å². The topological polar surface area (TPSA) is 3.88 Å². The lowest BCUT2D eigenvalue weighted by molar-refractivity contribution is -0.940. The predicted octanol–water partition coefficient (Wildman–Crippen LogP) is 4.50. The molecule has 0 bridgehead atoms. The SMILES string of the molecule is C[N+]1(Cc2ccccc2)CCCC1c1ccc[n+](Cc2ccccc2)c1. The molecule has 2 nitrogen and oxygen atoms in total. The Kier molecular flexibility index (Phi) is 4.85. The van der Waals surface area contributed by atoms with E-state index < -0.39 is 0 Å². The monoisotopic (exact) mass is 344 g/mol. The van der Waals surface area contributed by atoms with Gasteiger partial charge in [0.1, 0.15) is 12.6 Å². The summed E-state index contributed by atoms with van der Waals surface area (Å²) in [6.07, 6.45) is 7.14. The van der Waals surface area contributed by atoms with Crippen LogP contribution in [0, 0.1) is 0 Å². The highest BCUT2D eigenvalue weighted by Crippen LogP contribution is 2.38. The van der Waals surface area contributed by atoms with E-state index in [0.717, 1.165) is 17.6 Å². The molecule has 1 aliphatic heterocycles. The second-order valence-electron chi connectivity index (χ2n) is 7.80. The zero-order chi connectivity index (χ0) is 17.8. The third-order valence-electron chi connectivity index (χ3n) is 5.76. The van der Waals surface area contributed by atoms with Crippen molar-refractivity contribution in [3.05, 3.63) is 102 Å². The van der Waals surface area contributed by atoms with E-state index in [2.05, 4.69) is 96.8 Å². The Hall–Kier alpha value is -2.45. The van der Waals surface area contributed by atoms with Crippen LogP contribution in [0.1, 0.15) is 35.6 Å². The first-order valence-electron chi connectivity index (χ1n) is 9.64. The molecule has 2 aromatic carbocycles. The van der Waals surface area contributed by atoms with Crippen LogP contribution in [0.2, 0.25) is 0 Å². The number of benzene rings is 2. The molecule has 2 heteroatoms. The average molecular weight is 345 g/mol. The molecule has 1 fully saturated rings. The Bertz CT molecular complexity index is 844. The van der Waals surface area contributed by atoms with Crippen molar-refractivity contribution in [2.45, 2.75) is 32.0 Å². The molecular weight excluding hydrogens is 316 g/mol. The number of quaternary nitrogens is 1. The van der Waals surface area contributed by atoms with Gasteiger partial charge in [-0.15, -0.1) is 0 Å². The Balaban J connectivity index is 1.57. The summed E-state index contributed by atoms with van der Waals surface area (Å²) in [6, 6.07) is 26.8. The molecule has 0 aliphatic carbocycles. The molecule has 0 spiro atoms. The molecule has 2 atom stereocenters. The van der Waals surface area contributed by atoms with Crippen molar-refractivity contribution in [1.29, 1.82) is 0 Å². The van der Waals surface area contributed by atoms with Gasteiger partial charge in [-0.2, -0.15) is 0 Å². The summed E-state index contributed by atoms with van der Waals surface area (Å²) >= 11 is 0. The fourth-order valence-electron chi connectivity index (χ4n) is 4.46. The van der Waals surface area contributed by atoms with E-state index in [1.807, 2.05) is 0 Å². The molecule has 26 heavy (non-hydrogen) atoms. The Labute approximate surface area is 156 Å². The lowest BCUT2D eigenvalue weighted by atomic mass is 10.0. The van der Waals surface area contributed by atoms with Crippen LogP contribution in [0.3, 0.4) is 0 Å². The van der Waals surface area contributed by atoms with E-state index >= 15 is 0 Å². The van der Waals surface area contributed by atoms with Gasteiger partial charge in [0.2, 0.25) is 0 Å². The Morgan fingerprint density at radius 1 is 0.885 bits per heavy atom. The van der Waals surface area contributed by atoms with Gasteiger partial charge in [0.15, 0.2) is 18.9 Å². The van der Waals surface area contributed by atoms with Crippen molar-refractivity contribution in [2.24, 2.45) is 0 Å². The van der Waals surface area contributed by atoms with Crippen molar-refractivity contribution in [3.8, 4) is 0 Å². The van der Waals surface area contributed by atoms with Crippen LogP contribution in [-0.2, 0) is 13.1 Å². The maximum Gasteiger partial charge on any atom is 0.178 e. The number of hydrogen-bond donors (Lipinski definition) is 0. The molecule has 0 N–H and O–H groups in total. The van der Waals surface area contributed by atoms with Gasteiger partial charge in [-0.25, -0.2) is 4.57 Å². The van der Waals surface area contributed by atoms with Gasteiger partial charge >= 0.3 is 0 Å². The number of pyridine rings is 1. The second kappa shape index (κ2) is 7.43. The first-order valence-corrected chi connectivity index (χ1v) is 9.64. The summed E-state index contributed by atoms with van der Waals surface area (Å²) in [6.45, 7) is 3.30. The Morgan fingerprint density at radius 3 is 2.31 bits per heavy atom. The molecule has 0 saturated carbocycles. The number of likely N-dealkylation sites (tertiary alicyclic amines) is 1. The number of rotatable bonds is 5. The highest BCUT2D eigenvalue weighted by Gasteiger charge is 2.40. The molecule has 2 heterocycles. The largest absolute Gasteiger partial charge is 0.316 e. The summed E-state index contributed by atoms with van der Waals surface area (Å²) in [5, 5.41) is 0. The van der Waals surface area contributed by atoms with Gasteiger partial charge in [0, 0.05) is 30.0 Å². The minimum Gasteiger partial charge on any atom is -0.316 e. The minimum atomic E-state index is 0.582. The third kappa shape index (κ3) is 3.71. The molecule has 1 aliphatic rings. The first kappa shape index (κ1) is 17.0. The van der Waals surface area contributed by atoms with Crippen LogP contribution in [-0.4, -0.2) is 18.1 Å². The highest BCUT2D eigenvalue weighted by atomic mass is 15.4. The summed E-state index contributed by atoms with van der Waals surface area (Å²) in [4.78, 5) is 0. The summed E-state index contributed by atoms with van der Waals surface area (Å²) in [5.74, 6) is 0. The van der Waals surface area contributed by atoms with Gasteiger partial charge in [-0.3, -0.25) is 0 Å². The van der Waals surface area contributed by atoms with E-state index in [9.17, 15) is 0 Å². The number of nitrogens with zero attached hydrogens (tertiary/aromatic N) is 2. The van der Waals surface area contributed by atoms with Gasteiger partial charge < -0.3 is 4.48 Å². The standard InChI is InChI=1S/C24H28N2/c1-26(20-22-12-6-3-7-13-22)17-9-15-24(26)23-14-8-16-25(19-23)18-21-10-4-2-5-11-21/h2-8,10-14,16,19,24H,9,15,17-18,20H2,1H3/q+2.